The molecule has 0 spiro atoms. The molecule has 0 amide bonds. The van der Waals surface area contributed by atoms with E-state index in [9.17, 15) is 10.1 Å². The lowest BCUT2D eigenvalue weighted by atomic mass is 10.1. The van der Waals surface area contributed by atoms with E-state index in [4.69, 9.17) is 4.74 Å². The Morgan fingerprint density at radius 1 is 1.35 bits per heavy atom. The first-order valence-electron chi connectivity index (χ1n) is 6.78. The second-order valence-electron chi connectivity index (χ2n) is 5.00. The highest BCUT2D eigenvalue weighted by Crippen LogP contribution is 2.24. The number of nitro benzene ring substituents is 1. The number of nitro groups is 1. The number of aromatic nitrogens is 1. The molecule has 0 aliphatic carbocycles. The average molecular weight is 275 g/mol. The second-order valence-corrected chi connectivity index (χ2v) is 5.00. The molecule has 6 nitrogen and oxygen atoms in total. The summed E-state index contributed by atoms with van der Waals surface area (Å²) < 4.78 is 5.33. The largest absolute Gasteiger partial charge is 0.379 e. The van der Waals surface area contributed by atoms with E-state index in [2.05, 4.69) is 9.88 Å². The predicted octanol–water partition coefficient (Wildman–Crippen LogP) is 1.95. The van der Waals surface area contributed by atoms with Crippen LogP contribution in [0.25, 0.3) is 10.9 Å². The van der Waals surface area contributed by atoms with Gasteiger partial charge in [0.05, 0.1) is 18.1 Å². The quantitative estimate of drug-likeness (QED) is 0.684. The lowest BCUT2D eigenvalue weighted by Crippen LogP contribution is -2.37. The van der Waals surface area contributed by atoms with Crippen LogP contribution in [0.1, 0.15) is 5.56 Å². The molecule has 0 radical (unpaired) electrons. The van der Waals surface area contributed by atoms with Crippen LogP contribution in [0.15, 0.2) is 24.4 Å². The molecule has 0 atom stereocenters. The van der Waals surface area contributed by atoms with Gasteiger partial charge in [-0.25, -0.2) is 0 Å². The zero-order valence-corrected chi connectivity index (χ0v) is 11.2. The van der Waals surface area contributed by atoms with Gasteiger partial charge in [0.1, 0.15) is 0 Å². The summed E-state index contributed by atoms with van der Waals surface area (Å²) in [7, 11) is 0. The van der Waals surface area contributed by atoms with Crippen molar-refractivity contribution in [3.05, 3.63) is 40.1 Å². The Balaban J connectivity index is 1.76. The number of nitrogens with zero attached hydrogens (tertiary/aromatic N) is 2. The Bertz CT molecular complexity index is 617. The van der Waals surface area contributed by atoms with Crippen molar-refractivity contribution in [2.24, 2.45) is 0 Å². The Morgan fingerprint density at radius 3 is 2.90 bits per heavy atom. The molecular weight excluding hydrogens is 258 g/mol. The number of rotatable bonds is 4. The molecule has 0 bridgehead atoms. The van der Waals surface area contributed by atoms with E-state index in [1.165, 1.54) is 6.07 Å². The zero-order chi connectivity index (χ0) is 13.9. The van der Waals surface area contributed by atoms with Crippen LogP contribution in [-0.4, -0.2) is 47.7 Å². The minimum atomic E-state index is -0.349. The molecule has 1 aliphatic heterocycles. The topological polar surface area (TPSA) is 71.4 Å². The highest BCUT2D eigenvalue weighted by atomic mass is 16.6. The maximum Gasteiger partial charge on any atom is 0.270 e. The smallest absolute Gasteiger partial charge is 0.270 e. The number of hydrogen-bond donors (Lipinski definition) is 1. The van der Waals surface area contributed by atoms with E-state index < -0.39 is 0 Å². The van der Waals surface area contributed by atoms with Crippen molar-refractivity contribution in [2.45, 2.75) is 6.42 Å². The van der Waals surface area contributed by atoms with Gasteiger partial charge in [0.2, 0.25) is 0 Å². The Hall–Kier alpha value is -1.92. The summed E-state index contributed by atoms with van der Waals surface area (Å²) >= 11 is 0. The SMILES string of the molecule is O=[N+]([O-])c1ccc2[nH]cc(CCN3CCOCC3)c2c1. The van der Waals surface area contributed by atoms with Crippen molar-refractivity contribution in [1.29, 1.82) is 0 Å². The van der Waals surface area contributed by atoms with Crippen molar-refractivity contribution >= 4 is 16.6 Å². The zero-order valence-electron chi connectivity index (χ0n) is 11.2. The summed E-state index contributed by atoms with van der Waals surface area (Å²) in [6.45, 7) is 4.46. The monoisotopic (exact) mass is 275 g/mol. The molecule has 0 saturated carbocycles. The maximum atomic E-state index is 10.9. The predicted molar refractivity (Wildman–Crippen MR) is 75.9 cm³/mol. The number of benzene rings is 1. The van der Waals surface area contributed by atoms with Gasteiger partial charge in [0.25, 0.3) is 5.69 Å². The van der Waals surface area contributed by atoms with E-state index in [1.807, 2.05) is 6.20 Å². The van der Waals surface area contributed by atoms with Gasteiger partial charge in [-0.05, 0) is 18.1 Å². The van der Waals surface area contributed by atoms with Crippen LogP contribution in [-0.2, 0) is 11.2 Å². The first-order chi connectivity index (χ1) is 9.74. The number of nitrogens with one attached hydrogen (secondary N) is 1. The summed E-state index contributed by atoms with van der Waals surface area (Å²) in [5, 5.41) is 11.8. The highest BCUT2D eigenvalue weighted by Gasteiger charge is 2.13. The third kappa shape index (κ3) is 2.66. The minimum Gasteiger partial charge on any atom is -0.379 e. The number of aromatic amines is 1. The fourth-order valence-corrected chi connectivity index (χ4v) is 2.59. The molecule has 2 aromatic rings. The number of hydrogen-bond acceptors (Lipinski definition) is 4. The summed E-state index contributed by atoms with van der Waals surface area (Å²) in [5.74, 6) is 0. The van der Waals surface area contributed by atoms with Crippen molar-refractivity contribution in [2.75, 3.05) is 32.8 Å². The Kier molecular flexibility index (Phi) is 3.66. The second kappa shape index (κ2) is 5.60. The van der Waals surface area contributed by atoms with Crippen LogP contribution < -0.4 is 0 Å². The molecular formula is C14H17N3O3. The molecule has 1 aromatic heterocycles. The Morgan fingerprint density at radius 2 is 2.15 bits per heavy atom. The lowest BCUT2D eigenvalue weighted by Gasteiger charge is -2.26. The average Bonchev–Trinajstić information content (AvgIpc) is 2.88. The number of fused-ring (bicyclic) bond motifs is 1. The fraction of sp³-hybridized carbons (Fsp3) is 0.429. The van der Waals surface area contributed by atoms with E-state index in [0.29, 0.717) is 0 Å². The van der Waals surface area contributed by atoms with E-state index in [1.54, 1.807) is 12.1 Å². The van der Waals surface area contributed by atoms with E-state index >= 15 is 0 Å². The molecule has 1 saturated heterocycles. The maximum absolute atomic E-state index is 10.9. The number of ether oxygens (including phenoxy) is 1. The third-order valence-electron chi connectivity index (χ3n) is 3.76. The number of H-pyrrole nitrogens is 1. The molecule has 0 unspecified atom stereocenters. The summed E-state index contributed by atoms with van der Waals surface area (Å²) in [6, 6.07) is 4.96. The van der Waals surface area contributed by atoms with Crippen molar-refractivity contribution < 1.29 is 9.66 Å². The highest BCUT2D eigenvalue weighted by molar-refractivity contribution is 5.85. The summed E-state index contributed by atoms with van der Waals surface area (Å²) in [5.41, 5.74) is 2.23. The van der Waals surface area contributed by atoms with Crippen LogP contribution >= 0.6 is 0 Å². The molecule has 1 fully saturated rings. The molecule has 2 heterocycles. The first kappa shape index (κ1) is 13.1. The van der Waals surface area contributed by atoms with Crippen molar-refractivity contribution in [3.63, 3.8) is 0 Å². The third-order valence-corrected chi connectivity index (χ3v) is 3.76. The van der Waals surface area contributed by atoms with Crippen LogP contribution in [0.2, 0.25) is 0 Å². The fourth-order valence-electron chi connectivity index (χ4n) is 2.59. The van der Waals surface area contributed by atoms with E-state index in [0.717, 1.165) is 55.7 Å². The first-order valence-corrected chi connectivity index (χ1v) is 6.78. The number of morpholine rings is 1. The lowest BCUT2D eigenvalue weighted by molar-refractivity contribution is -0.384. The Labute approximate surface area is 116 Å². The van der Waals surface area contributed by atoms with Gasteiger partial charge in [-0.3, -0.25) is 15.0 Å². The summed E-state index contributed by atoms with van der Waals surface area (Å²) in [6.07, 6.45) is 2.84. The van der Waals surface area contributed by atoms with E-state index in [-0.39, 0.29) is 10.6 Å². The van der Waals surface area contributed by atoms with Crippen LogP contribution in [0.5, 0.6) is 0 Å². The van der Waals surface area contributed by atoms with Gasteiger partial charge < -0.3 is 9.72 Å². The molecule has 3 rings (SSSR count). The van der Waals surface area contributed by atoms with Gasteiger partial charge in [-0.15, -0.1) is 0 Å². The van der Waals surface area contributed by atoms with Crippen molar-refractivity contribution in [1.82, 2.24) is 9.88 Å². The normalized spacial score (nSPS) is 16.6. The van der Waals surface area contributed by atoms with Crippen LogP contribution in [0, 0.1) is 10.1 Å². The van der Waals surface area contributed by atoms with Gasteiger partial charge in [0.15, 0.2) is 0 Å². The number of non-ortho nitro benzene ring substituents is 1. The molecule has 6 heteroatoms. The van der Waals surface area contributed by atoms with Gasteiger partial charge in [-0.2, -0.15) is 0 Å². The van der Waals surface area contributed by atoms with Gasteiger partial charge in [-0.1, -0.05) is 0 Å². The van der Waals surface area contributed by atoms with Gasteiger partial charge >= 0.3 is 0 Å². The van der Waals surface area contributed by atoms with Gasteiger partial charge in [0, 0.05) is 48.9 Å². The summed E-state index contributed by atoms with van der Waals surface area (Å²) in [4.78, 5) is 16.0. The molecule has 1 aromatic carbocycles. The minimum absolute atomic E-state index is 0.143. The molecule has 20 heavy (non-hydrogen) atoms. The molecule has 1 aliphatic rings. The molecule has 106 valence electrons. The van der Waals surface area contributed by atoms with Crippen molar-refractivity contribution in [3.8, 4) is 0 Å². The van der Waals surface area contributed by atoms with Crippen LogP contribution in [0.4, 0.5) is 5.69 Å². The standard InChI is InChI=1S/C14H17N3O3/c18-17(19)12-1-2-14-13(9-12)11(10-15-14)3-4-16-5-7-20-8-6-16/h1-2,9-10,15H,3-8H2. The molecule has 1 N–H and O–H groups in total. The van der Waals surface area contributed by atoms with Crippen LogP contribution in [0.3, 0.4) is 0 Å².